The molecule has 34 heavy (non-hydrogen) atoms. The minimum absolute atomic E-state index is 0.154. The molecule has 0 aliphatic carbocycles. The van der Waals surface area contributed by atoms with Gasteiger partial charge in [-0.05, 0) is 50.6 Å². The molecule has 0 N–H and O–H groups in total. The molecule has 0 atom stereocenters. The van der Waals surface area contributed by atoms with Gasteiger partial charge in [0.05, 0.1) is 40.6 Å². The van der Waals surface area contributed by atoms with Crippen molar-refractivity contribution < 1.29 is 4.79 Å². The molecule has 5 rings (SSSR count). The summed E-state index contributed by atoms with van der Waals surface area (Å²) >= 11 is 0. The SMILES string of the molecule is Cc1ncc(-c2ccc3ncc4c(c3n2)N(c2ccc(C(C)(C)C#N)cc2)C(=O)N(C)C4)cn1. The molecule has 0 saturated heterocycles. The second-order valence-corrected chi connectivity index (χ2v) is 8.97. The number of aromatic nitrogens is 4. The van der Waals surface area contributed by atoms with Crippen LogP contribution in [0, 0.1) is 18.3 Å². The molecule has 4 aromatic rings. The number of carbonyl (C=O) groups excluding carboxylic acids is 1. The van der Waals surface area contributed by atoms with Crippen molar-refractivity contribution in [3.8, 4) is 17.3 Å². The molecule has 0 radical (unpaired) electrons. The fourth-order valence-corrected chi connectivity index (χ4v) is 4.06. The normalized spacial score (nSPS) is 13.7. The van der Waals surface area contributed by atoms with Gasteiger partial charge in [0, 0.05) is 36.8 Å². The fraction of sp³-hybridized carbons (Fsp3) is 0.231. The number of nitriles is 1. The van der Waals surface area contributed by atoms with E-state index in [4.69, 9.17) is 4.98 Å². The third-order valence-electron chi connectivity index (χ3n) is 6.11. The largest absolute Gasteiger partial charge is 0.329 e. The molecule has 8 nitrogen and oxygen atoms in total. The van der Waals surface area contributed by atoms with E-state index in [-0.39, 0.29) is 6.03 Å². The third kappa shape index (κ3) is 3.52. The zero-order valence-electron chi connectivity index (χ0n) is 19.4. The van der Waals surface area contributed by atoms with Crippen LogP contribution >= 0.6 is 0 Å². The van der Waals surface area contributed by atoms with Gasteiger partial charge in [0.2, 0.25) is 0 Å². The number of carbonyl (C=O) groups is 1. The zero-order valence-corrected chi connectivity index (χ0v) is 19.4. The highest BCUT2D eigenvalue weighted by Gasteiger charge is 2.32. The summed E-state index contributed by atoms with van der Waals surface area (Å²) in [6, 6.07) is 13.5. The maximum Gasteiger partial charge on any atom is 0.329 e. The maximum absolute atomic E-state index is 13.4. The van der Waals surface area contributed by atoms with E-state index in [0.717, 1.165) is 22.4 Å². The molecule has 0 saturated carbocycles. The molecule has 2 amide bonds. The number of benzene rings is 1. The first-order chi connectivity index (χ1) is 16.3. The van der Waals surface area contributed by atoms with Gasteiger partial charge in [0.15, 0.2) is 0 Å². The molecule has 0 fully saturated rings. The van der Waals surface area contributed by atoms with Crippen LogP contribution in [0.25, 0.3) is 22.3 Å². The highest BCUT2D eigenvalue weighted by molar-refractivity contribution is 6.08. The number of hydrogen-bond acceptors (Lipinski definition) is 6. The highest BCUT2D eigenvalue weighted by Crippen LogP contribution is 2.39. The van der Waals surface area contributed by atoms with Gasteiger partial charge in [0.1, 0.15) is 11.3 Å². The minimum atomic E-state index is -0.623. The van der Waals surface area contributed by atoms with Crippen LogP contribution in [-0.4, -0.2) is 37.9 Å². The number of nitrogens with zero attached hydrogens (tertiary/aromatic N) is 7. The lowest BCUT2D eigenvalue weighted by molar-refractivity contribution is 0.213. The van der Waals surface area contributed by atoms with Crippen LogP contribution in [0.2, 0.25) is 0 Å². The first-order valence-electron chi connectivity index (χ1n) is 10.9. The van der Waals surface area contributed by atoms with Crippen molar-refractivity contribution in [2.24, 2.45) is 0 Å². The summed E-state index contributed by atoms with van der Waals surface area (Å²) in [4.78, 5) is 34.8. The predicted molar refractivity (Wildman–Crippen MR) is 129 cm³/mol. The van der Waals surface area contributed by atoms with Crippen LogP contribution in [0.4, 0.5) is 16.2 Å². The first kappa shape index (κ1) is 21.5. The van der Waals surface area contributed by atoms with Gasteiger partial charge in [0.25, 0.3) is 0 Å². The van der Waals surface area contributed by atoms with E-state index >= 15 is 0 Å². The van der Waals surface area contributed by atoms with Crippen LogP contribution < -0.4 is 4.90 Å². The summed E-state index contributed by atoms with van der Waals surface area (Å²) in [6.45, 7) is 6.01. The number of rotatable bonds is 3. The van der Waals surface area contributed by atoms with Crippen LogP contribution in [0.5, 0.6) is 0 Å². The van der Waals surface area contributed by atoms with Gasteiger partial charge in [-0.25, -0.2) is 19.7 Å². The number of hydrogen-bond donors (Lipinski definition) is 0. The van der Waals surface area contributed by atoms with Crippen molar-refractivity contribution in [1.82, 2.24) is 24.8 Å². The Hall–Kier alpha value is -4.38. The molecular weight excluding hydrogens is 426 g/mol. The summed E-state index contributed by atoms with van der Waals surface area (Å²) in [6.07, 6.45) is 5.29. The standard InChI is InChI=1S/C26H23N7O/c1-16-28-11-17(12-29-16)21-9-10-22-23(31-21)24-18(13-30-22)14-32(4)25(34)33(24)20-7-5-19(6-8-20)26(2,3)15-27/h5-13H,14H2,1-4H3. The first-order valence-corrected chi connectivity index (χ1v) is 10.9. The van der Waals surface area contributed by atoms with Gasteiger partial charge >= 0.3 is 6.03 Å². The molecule has 4 heterocycles. The Bertz CT molecular complexity index is 1450. The third-order valence-corrected chi connectivity index (χ3v) is 6.11. The molecule has 3 aromatic heterocycles. The lowest BCUT2D eigenvalue weighted by Crippen LogP contribution is -2.42. The molecule has 8 heteroatoms. The monoisotopic (exact) mass is 449 g/mol. The summed E-state index contributed by atoms with van der Waals surface area (Å²) in [7, 11) is 1.77. The Morgan fingerprint density at radius 1 is 1.00 bits per heavy atom. The number of anilines is 2. The van der Waals surface area contributed by atoms with E-state index in [9.17, 15) is 10.1 Å². The predicted octanol–water partition coefficient (Wildman–Crippen LogP) is 4.90. The summed E-state index contributed by atoms with van der Waals surface area (Å²) < 4.78 is 0. The molecule has 1 aromatic carbocycles. The van der Waals surface area contributed by atoms with Crippen LogP contribution in [0.15, 0.2) is 55.0 Å². The molecule has 0 bridgehead atoms. The van der Waals surface area contributed by atoms with Crippen molar-refractivity contribution in [1.29, 1.82) is 5.26 Å². The van der Waals surface area contributed by atoms with Crippen LogP contribution in [0.3, 0.4) is 0 Å². The summed E-state index contributed by atoms with van der Waals surface area (Å²) in [5, 5.41) is 9.48. The number of aryl methyl sites for hydroxylation is 1. The van der Waals surface area contributed by atoms with Gasteiger partial charge in [-0.2, -0.15) is 5.26 Å². The van der Waals surface area contributed by atoms with Crippen molar-refractivity contribution in [3.05, 3.63) is 71.9 Å². The molecular formula is C26H23N7O. The zero-order chi connectivity index (χ0) is 24.0. The Balaban J connectivity index is 1.69. The topological polar surface area (TPSA) is 98.9 Å². The van der Waals surface area contributed by atoms with Crippen LogP contribution in [-0.2, 0) is 12.0 Å². The average Bonchev–Trinajstić information content (AvgIpc) is 2.85. The lowest BCUT2D eigenvalue weighted by atomic mass is 9.86. The highest BCUT2D eigenvalue weighted by atomic mass is 16.2. The van der Waals surface area contributed by atoms with Gasteiger partial charge < -0.3 is 4.90 Å². The van der Waals surface area contributed by atoms with Gasteiger partial charge in [-0.15, -0.1) is 0 Å². The molecule has 0 unspecified atom stereocenters. The Kier molecular flexibility index (Phi) is 4.98. The van der Waals surface area contributed by atoms with Crippen molar-refractivity contribution in [2.45, 2.75) is 32.7 Å². The van der Waals surface area contributed by atoms with E-state index in [0.29, 0.717) is 34.8 Å². The van der Waals surface area contributed by atoms with Crippen molar-refractivity contribution in [3.63, 3.8) is 0 Å². The van der Waals surface area contributed by atoms with E-state index in [1.165, 1.54) is 0 Å². The van der Waals surface area contributed by atoms with E-state index < -0.39 is 5.41 Å². The summed E-state index contributed by atoms with van der Waals surface area (Å²) in [5.74, 6) is 0.686. The van der Waals surface area contributed by atoms with Crippen molar-refractivity contribution >= 4 is 28.4 Å². The number of pyridine rings is 2. The minimum Gasteiger partial charge on any atom is -0.323 e. The van der Waals surface area contributed by atoms with Gasteiger partial charge in [-0.1, -0.05) is 12.1 Å². The summed E-state index contributed by atoms with van der Waals surface area (Å²) in [5.41, 5.74) is 5.42. The Morgan fingerprint density at radius 2 is 1.71 bits per heavy atom. The molecule has 0 spiro atoms. The van der Waals surface area contributed by atoms with E-state index in [1.54, 1.807) is 35.4 Å². The maximum atomic E-state index is 13.4. The van der Waals surface area contributed by atoms with E-state index in [1.807, 2.05) is 57.2 Å². The van der Waals surface area contributed by atoms with Crippen LogP contribution in [0.1, 0.15) is 30.8 Å². The quantitative estimate of drug-likeness (QED) is 0.441. The lowest BCUT2D eigenvalue weighted by Gasteiger charge is -2.35. The van der Waals surface area contributed by atoms with E-state index in [2.05, 4.69) is 21.0 Å². The Labute approximate surface area is 197 Å². The molecule has 1 aliphatic heterocycles. The Morgan fingerprint density at radius 3 is 2.38 bits per heavy atom. The second-order valence-electron chi connectivity index (χ2n) is 8.97. The molecule has 168 valence electrons. The van der Waals surface area contributed by atoms with Crippen molar-refractivity contribution in [2.75, 3.05) is 11.9 Å². The average molecular weight is 450 g/mol. The number of urea groups is 1. The second kappa shape index (κ2) is 7.89. The fourth-order valence-electron chi connectivity index (χ4n) is 4.06. The van der Waals surface area contributed by atoms with Gasteiger partial charge in [-0.3, -0.25) is 9.88 Å². The molecule has 1 aliphatic rings. The smallest absolute Gasteiger partial charge is 0.323 e. The number of fused-ring (bicyclic) bond motifs is 3. The number of amides is 2.